The van der Waals surface area contributed by atoms with Crippen LogP contribution in [0.4, 0.5) is 22.1 Å². The van der Waals surface area contributed by atoms with Crippen molar-refractivity contribution in [2.45, 2.75) is 33.6 Å². The zero-order valence-electron chi connectivity index (χ0n) is 18.3. The molecule has 2 saturated heterocycles. The van der Waals surface area contributed by atoms with Crippen LogP contribution in [-0.2, 0) is 0 Å². The van der Waals surface area contributed by atoms with Gasteiger partial charge in [-0.1, -0.05) is 24.6 Å². The van der Waals surface area contributed by atoms with Crippen LogP contribution in [0, 0.1) is 19.8 Å². The first-order valence-corrected chi connectivity index (χ1v) is 11.0. The Morgan fingerprint density at radius 1 is 0.900 bits per heavy atom. The van der Waals surface area contributed by atoms with Gasteiger partial charge in [0.25, 0.3) is 0 Å². The molecule has 2 amide bonds. The minimum absolute atomic E-state index is 0.0395. The van der Waals surface area contributed by atoms with Crippen molar-refractivity contribution in [3.63, 3.8) is 0 Å². The van der Waals surface area contributed by atoms with E-state index in [2.05, 4.69) is 57.4 Å². The maximum Gasteiger partial charge on any atom is 0.321 e. The van der Waals surface area contributed by atoms with E-state index in [0.717, 1.165) is 55.0 Å². The molecule has 0 saturated carbocycles. The number of nitrogens with zero attached hydrogens (tertiary/aromatic N) is 5. The first-order chi connectivity index (χ1) is 14.5. The number of aromatic nitrogens is 2. The van der Waals surface area contributed by atoms with Crippen molar-refractivity contribution in [3.8, 4) is 0 Å². The van der Waals surface area contributed by atoms with E-state index in [1.54, 1.807) is 0 Å². The van der Waals surface area contributed by atoms with Crippen molar-refractivity contribution in [2.24, 2.45) is 5.92 Å². The van der Waals surface area contributed by atoms with Gasteiger partial charge in [0.15, 0.2) is 11.6 Å². The topological polar surface area (TPSA) is 64.6 Å². The van der Waals surface area contributed by atoms with Gasteiger partial charge in [-0.05, 0) is 56.4 Å². The van der Waals surface area contributed by atoms with Crippen LogP contribution < -0.4 is 15.1 Å². The van der Waals surface area contributed by atoms with Crippen LogP contribution in [0.5, 0.6) is 0 Å². The highest BCUT2D eigenvalue weighted by atomic mass is 16.2. The molecule has 2 aliphatic rings. The fourth-order valence-electron chi connectivity index (χ4n) is 4.18. The Labute approximate surface area is 179 Å². The summed E-state index contributed by atoms with van der Waals surface area (Å²) < 4.78 is 0. The second-order valence-electron chi connectivity index (χ2n) is 8.64. The van der Waals surface area contributed by atoms with Crippen LogP contribution in [0.25, 0.3) is 0 Å². The molecule has 0 bridgehead atoms. The van der Waals surface area contributed by atoms with Crippen LogP contribution in [0.1, 0.15) is 30.9 Å². The van der Waals surface area contributed by atoms with Gasteiger partial charge in [-0.3, -0.25) is 0 Å². The minimum Gasteiger partial charge on any atom is -0.355 e. The number of rotatable bonds is 3. The van der Waals surface area contributed by atoms with Crippen LogP contribution in [0.15, 0.2) is 30.3 Å². The minimum atomic E-state index is -0.0395. The number of piperidine rings is 1. The van der Waals surface area contributed by atoms with Gasteiger partial charge in [0, 0.05) is 45.0 Å². The molecule has 0 spiro atoms. The molecule has 3 heterocycles. The molecular formula is C23H32N6O. The lowest BCUT2D eigenvalue weighted by molar-refractivity contribution is 0.208. The molecule has 1 aromatic carbocycles. The van der Waals surface area contributed by atoms with Gasteiger partial charge in [-0.2, -0.15) is 0 Å². The van der Waals surface area contributed by atoms with E-state index in [0.29, 0.717) is 13.1 Å². The Bertz CT molecular complexity index is 868. The van der Waals surface area contributed by atoms with Gasteiger partial charge in [0.1, 0.15) is 0 Å². The number of anilines is 3. The number of aryl methyl sites for hydroxylation is 2. The second kappa shape index (κ2) is 8.90. The normalized spacial score (nSPS) is 17.9. The fraction of sp³-hybridized carbons (Fsp3) is 0.522. The Balaban J connectivity index is 1.30. The summed E-state index contributed by atoms with van der Waals surface area (Å²) in [4.78, 5) is 19.1. The van der Waals surface area contributed by atoms with Crippen molar-refractivity contribution < 1.29 is 4.79 Å². The average Bonchev–Trinajstić information content (AvgIpc) is 2.76. The summed E-state index contributed by atoms with van der Waals surface area (Å²) in [6, 6.07) is 10.2. The first-order valence-electron chi connectivity index (χ1n) is 11.0. The lowest BCUT2D eigenvalue weighted by Gasteiger charge is -2.35. The number of carbonyl (C=O) groups excluding carboxylic acids is 1. The Morgan fingerprint density at radius 3 is 2.07 bits per heavy atom. The third-order valence-corrected chi connectivity index (χ3v) is 6.26. The van der Waals surface area contributed by atoms with Crippen LogP contribution in [-0.4, -0.2) is 60.4 Å². The molecule has 2 aromatic rings. The van der Waals surface area contributed by atoms with Crippen LogP contribution in [0.3, 0.4) is 0 Å². The summed E-state index contributed by atoms with van der Waals surface area (Å²) in [7, 11) is 0. The number of amides is 2. The number of carbonyl (C=O) groups is 1. The smallest absolute Gasteiger partial charge is 0.321 e. The molecule has 0 unspecified atom stereocenters. The number of piperazine rings is 1. The maximum atomic E-state index is 12.7. The molecule has 1 aromatic heterocycles. The fourth-order valence-corrected chi connectivity index (χ4v) is 4.18. The van der Waals surface area contributed by atoms with E-state index in [1.807, 2.05) is 24.0 Å². The van der Waals surface area contributed by atoms with Gasteiger partial charge in [0.2, 0.25) is 0 Å². The van der Waals surface area contributed by atoms with Gasteiger partial charge in [-0.25, -0.2) is 4.79 Å². The van der Waals surface area contributed by atoms with Gasteiger partial charge < -0.3 is 20.0 Å². The van der Waals surface area contributed by atoms with Crippen LogP contribution in [0.2, 0.25) is 0 Å². The number of nitrogens with one attached hydrogen (secondary N) is 1. The highest BCUT2D eigenvalue weighted by molar-refractivity contribution is 5.90. The maximum absolute atomic E-state index is 12.7. The van der Waals surface area contributed by atoms with E-state index in [-0.39, 0.29) is 6.03 Å². The van der Waals surface area contributed by atoms with E-state index < -0.39 is 0 Å². The quantitative estimate of drug-likeness (QED) is 0.839. The Kier molecular flexibility index (Phi) is 6.06. The van der Waals surface area contributed by atoms with E-state index in [1.165, 1.54) is 18.4 Å². The summed E-state index contributed by atoms with van der Waals surface area (Å²) in [5, 5.41) is 12.0. The second-order valence-corrected chi connectivity index (χ2v) is 8.64. The highest BCUT2D eigenvalue weighted by Crippen LogP contribution is 2.23. The monoisotopic (exact) mass is 408 g/mol. The largest absolute Gasteiger partial charge is 0.355 e. The molecule has 0 aliphatic carbocycles. The summed E-state index contributed by atoms with van der Waals surface area (Å²) in [6.07, 6.45) is 2.44. The molecular weight excluding hydrogens is 376 g/mol. The molecule has 30 heavy (non-hydrogen) atoms. The molecule has 0 atom stereocenters. The summed E-state index contributed by atoms with van der Waals surface area (Å²) in [5.74, 6) is 2.66. The summed E-state index contributed by atoms with van der Waals surface area (Å²) in [6.45, 7) is 11.4. The molecule has 2 aliphatic heterocycles. The van der Waals surface area contributed by atoms with Crippen LogP contribution >= 0.6 is 0 Å². The van der Waals surface area contributed by atoms with E-state index in [9.17, 15) is 4.79 Å². The average molecular weight is 409 g/mol. The van der Waals surface area contributed by atoms with Gasteiger partial charge in [0.05, 0.1) is 0 Å². The lowest BCUT2D eigenvalue weighted by atomic mass is 9.99. The van der Waals surface area contributed by atoms with Crippen molar-refractivity contribution in [3.05, 3.63) is 41.5 Å². The lowest BCUT2D eigenvalue weighted by Crippen LogP contribution is -2.50. The predicted octanol–water partition coefficient (Wildman–Crippen LogP) is 3.68. The molecule has 7 heteroatoms. The third-order valence-electron chi connectivity index (χ3n) is 6.26. The first kappa shape index (κ1) is 20.4. The van der Waals surface area contributed by atoms with Crippen molar-refractivity contribution in [2.75, 3.05) is 54.4 Å². The molecule has 0 radical (unpaired) electrons. The van der Waals surface area contributed by atoms with E-state index in [4.69, 9.17) is 0 Å². The van der Waals surface area contributed by atoms with Gasteiger partial charge in [-0.15, -0.1) is 10.2 Å². The Morgan fingerprint density at radius 2 is 1.50 bits per heavy atom. The van der Waals surface area contributed by atoms with Crippen molar-refractivity contribution in [1.29, 1.82) is 0 Å². The zero-order valence-corrected chi connectivity index (χ0v) is 18.3. The van der Waals surface area contributed by atoms with Gasteiger partial charge >= 0.3 is 6.03 Å². The third kappa shape index (κ3) is 4.66. The predicted molar refractivity (Wildman–Crippen MR) is 121 cm³/mol. The summed E-state index contributed by atoms with van der Waals surface area (Å²) in [5.41, 5.74) is 3.16. The number of benzene rings is 1. The number of hydrogen-bond donors (Lipinski definition) is 1. The standard InChI is InChI=1S/C23H32N6O/c1-17-8-10-27(11-9-17)21-6-7-22(26-25-21)28-12-14-29(15-13-28)23(30)24-20-5-4-18(2)16-19(20)3/h4-7,16-17H,8-15H2,1-3H3,(H,24,30). The van der Waals surface area contributed by atoms with E-state index >= 15 is 0 Å². The molecule has 2 fully saturated rings. The SMILES string of the molecule is Cc1ccc(NC(=O)N2CCN(c3ccc(N4CCC(C)CC4)nn3)CC2)c(C)c1. The molecule has 1 N–H and O–H groups in total. The Hall–Kier alpha value is -2.83. The zero-order chi connectivity index (χ0) is 21.1. The molecule has 4 rings (SSSR count). The van der Waals surface area contributed by atoms with Crippen molar-refractivity contribution in [1.82, 2.24) is 15.1 Å². The molecule has 160 valence electrons. The highest BCUT2D eigenvalue weighted by Gasteiger charge is 2.23. The summed E-state index contributed by atoms with van der Waals surface area (Å²) >= 11 is 0. The van der Waals surface area contributed by atoms with Crippen molar-refractivity contribution >= 4 is 23.4 Å². The molecule has 7 nitrogen and oxygen atoms in total. The number of hydrogen-bond acceptors (Lipinski definition) is 5. The number of urea groups is 1.